The predicted molar refractivity (Wildman–Crippen MR) is 74.7 cm³/mol. The van der Waals surface area contributed by atoms with Crippen molar-refractivity contribution in [2.24, 2.45) is 0 Å². The van der Waals surface area contributed by atoms with Gasteiger partial charge in [-0.1, -0.05) is 24.9 Å². The molecule has 0 heterocycles. The Morgan fingerprint density at radius 3 is 2.70 bits per heavy atom. The Labute approximate surface area is 122 Å². The first kappa shape index (κ1) is 16.7. The molecule has 0 atom stereocenters. The Kier molecular flexibility index (Phi) is 6.25. The van der Waals surface area contributed by atoms with Gasteiger partial charge in [0.1, 0.15) is 5.75 Å². The summed E-state index contributed by atoms with van der Waals surface area (Å²) >= 11 is 5.87. The lowest BCUT2D eigenvalue weighted by Crippen LogP contribution is -2.24. The number of nitrogens with one attached hydrogen (secondary N) is 1. The normalized spacial score (nSPS) is 11.3. The van der Waals surface area contributed by atoms with Crippen LogP contribution >= 0.6 is 11.6 Å². The van der Waals surface area contributed by atoms with Crippen LogP contribution in [0.25, 0.3) is 0 Å². The van der Waals surface area contributed by atoms with E-state index in [2.05, 4.69) is 4.72 Å². The zero-order chi connectivity index (χ0) is 15.2. The quantitative estimate of drug-likeness (QED) is 0.713. The van der Waals surface area contributed by atoms with Crippen molar-refractivity contribution in [3.8, 4) is 5.75 Å². The fraction of sp³-hybridized carbons (Fsp3) is 0.417. The molecular weight excluding hydrogens is 306 g/mol. The van der Waals surface area contributed by atoms with Crippen molar-refractivity contribution >= 4 is 27.6 Å². The van der Waals surface area contributed by atoms with E-state index in [0.717, 1.165) is 12.8 Å². The third kappa shape index (κ3) is 4.99. The van der Waals surface area contributed by atoms with Gasteiger partial charge in [-0.3, -0.25) is 0 Å². The lowest BCUT2D eigenvalue weighted by atomic mass is 10.3. The number of benzene rings is 1. The fourth-order valence-corrected chi connectivity index (χ4v) is 2.77. The molecule has 0 aromatic heterocycles. The molecule has 0 aliphatic rings. The summed E-state index contributed by atoms with van der Waals surface area (Å²) in [5.41, 5.74) is 0. The van der Waals surface area contributed by atoms with Crippen molar-refractivity contribution in [1.29, 1.82) is 0 Å². The lowest BCUT2D eigenvalue weighted by molar-refractivity contribution is -0.139. The number of halogens is 1. The average Bonchev–Trinajstić information content (AvgIpc) is 2.37. The summed E-state index contributed by atoms with van der Waals surface area (Å²) in [6, 6.07) is 3.88. The van der Waals surface area contributed by atoms with Crippen molar-refractivity contribution in [1.82, 2.24) is 4.72 Å². The van der Waals surface area contributed by atoms with Gasteiger partial charge in [0.25, 0.3) is 0 Å². The van der Waals surface area contributed by atoms with Gasteiger partial charge in [0.15, 0.2) is 6.61 Å². The first-order chi connectivity index (χ1) is 9.36. The van der Waals surface area contributed by atoms with Crippen molar-refractivity contribution in [2.45, 2.75) is 24.7 Å². The second-order valence-corrected chi connectivity index (χ2v) is 6.20. The average molecular weight is 322 g/mol. The largest absolute Gasteiger partial charge is 0.480 e. The maximum atomic E-state index is 11.9. The maximum Gasteiger partial charge on any atom is 0.341 e. The summed E-state index contributed by atoms with van der Waals surface area (Å²) in [5.74, 6) is -1.01. The van der Waals surface area contributed by atoms with Gasteiger partial charge in [-0.15, -0.1) is 0 Å². The molecule has 0 unspecified atom stereocenters. The van der Waals surface area contributed by atoms with Crippen LogP contribution in [0.15, 0.2) is 23.1 Å². The van der Waals surface area contributed by atoms with Crippen molar-refractivity contribution in [2.75, 3.05) is 13.2 Å². The molecule has 20 heavy (non-hydrogen) atoms. The highest BCUT2D eigenvalue weighted by Crippen LogP contribution is 2.27. The molecule has 1 aromatic carbocycles. The van der Waals surface area contributed by atoms with Crippen LogP contribution in [-0.4, -0.2) is 32.6 Å². The van der Waals surface area contributed by atoms with Crippen LogP contribution in [0.2, 0.25) is 5.02 Å². The number of carboxylic acid groups (broad SMARTS) is 1. The Morgan fingerprint density at radius 2 is 2.15 bits per heavy atom. The highest BCUT2D eigenvalue weighted by Gasteiger charge is 2.15. The van der Waals surface area contributed by atoms with E-state index in [9.17, 15) is 13.2 Å². The van der Waals surface area contributed by atoms with E-state index in [1.54, 1.807) is 0 Å². The smallest absolute Gasteiger partial charge is 0.341 e. The number of hydrogen-bond donors (Lipinski definition) is 2. The Balaban J connectivity index is 2.83. The number of hydrogen-bond acceptors (Lipinski definition) is 4. The van der Waals surface area contributed by atoms with Gasteiger partial charge in [-0.2, -0.15) is 0 Å². The molecule has 0 saturated carbocycles. The lowest BCUT2D eigenvalue weighted by Gasteiger charge is -2.09. The van der Waals surface area contributed by atoms with Gasteiger partial charge in [-0.25, -0.2) is 17.9 Å². The first-order valence-corrected chi connectivity index (χ1v) is 7.86. The molecule has 0 saturated heterocycles. The van der Waals surface area contributed by atoms with Crippen molar-refractivity contribution in [3.05, 3.63) is 23.2 Å². The summed E-state index contributed by atoms with van der Waals surface area (Å²) in [7, 11) is -3.61. The van der Waals surface area contributed by atoms with Crippen LogP contribution in [0, 0.1) is 0 Å². The fourth-order valence-electron chi connectivity index (χ4n) is 1.37. The van der Waals surface area contributed by atoms with Gasteiger partial charge in [-0.05, 0) is 24.6 Å². The SMILES string of the molecule is CCCCNS(=O)(=O)c1ccc(OCC(=O)O)c(Cl)c1. The van der Waals surface area contributed by atoms with Crippen LogP contribution in [0.1, 0.15) is 19.8 Å². The van der Waals surface area contributed by atoms with Gasteiger partial charge in [0.05, 0.1) is 9.92 Å². The third-order valence-electron chi connectivity index (χ3n) is 2.39. The monoisotopic (exact) mass is 321 g/mol. The molecule has 0 spiro atoms. The maximum absolute atomic E-state index is 11.9. The van der Waals surface area contributed by atoms with E-state index >= 15 is 0 Å². The molecule has 0 bridgehead atoms. The standard InChI is InChI=1S/C12H16ClNO5S/c1-2-3-6-14-20(17,18)9-4-5-11(10(13)7-9)19-8-12(15)16/h4-5,7,14H,2-3,6,8H2,1H3,(H,15,16). The molecule has 0 radical (unpaired) electrons. The van der Waals surface area contributed by atoms with E-state index in [4.69, 9.17) is 21.4 Å². The number of sulfonamides is 1. The highest BCUT2D eigenvalue weighted by molar-refractivity contribution is 7.89. The summed E-state index contributed by atoms with van der Waals surface area (Å²) in [5, 5.41) is 8.54. The molecule has 0 amide bonds. The zero-order valence-electron chi connectivity index (χ0n) is 10.9. The van der Waals surface area contributed by atoms with E-state index < -0.39 is 22.6 Å². The first-order valence-electron chi connectivity index (χ1n) is 6.00. The van der Waals surface area contributed by atoms with Gasteiger partial charge < -0.3 is 9.84 Å². The molecule has 0 aliphatic carbocycles. The molecule has 112 valence electrons. The second-order valence-electron chi connectivity index (χ2n) is 4.03. The Morgan fingerprint density at radius 1 is 1.45 bits per heavy atom. The molecule has 8 heteroatoms. The van der Waals surface area contributed by atoms with Crippen LogP contribution < -0.4 is 9.46 Å². The number of carbonyl (C=O) groups is 1. The van der Waals surface area contributed by atoms with E-state index in [1.165, 1.54) is 18.2 Å². The summed E-state index contributed by atoms with van der Waals surface area (Å²) in [6.07, 6.45) is 1.62. The van der Waals surface area contributed by atoms with Crippen LogP contribution in [0.5, 0.6) is 5.75 Å². The zero-order valence-corrected chi connectivity index (χ0v) is 12.5. The molecule has 0 fully saturated rings. The Hall–Kier alpha value is -1.31. The number of carboxylic acids is 1. The minimum absolute atomic E-state index is 0.0151. The van der Waals surface area contributed by atoms with Crippen molar-refractivity contribution in [3.63, 3.8) is 0 Å². The summed E-state index contributed by atoms with van der Waals surface area (Å²) in [4.78, 5) is 10.4. The number of aliphatic carboxylic acids is 1. The number of unbranched alkanes of at least 4 members (excludes halogenated alkanes) is 1. The predicted octanol–water partition coefficient (Wildman–Crippen LogP) is 1.88. The molecule has 1 aromatic rings. The van der Waals surface area contributed by atoms with E-state index in [0.29, 0.717) is 6.54 Å². The summed E-state index contributed by atoms with van der Waals surface area (Å²) in [6.45, 7) is 1.77. The van der Waals surface area contributed by atoms with Crippen LogP contribution in [0.3, 0.4) is 0 Å². The minimum Gasteiger partial charge on any atom is -0.480 e. The number of ether oxygens (including phenoxy) is 1. The number of rotatable bonds is 8. The topological polar surface area (TPSA) is 92.7 Å². The molecule has 2 N–H and O–H groups in total. The van der Waals surface area contributed by atoms with Gasteiger partial charge in [0.2, 0.25) is 10.0 Å². The van der Waals surface area contributed by atoms with Crippen LogP contribution in [0.4, 0.5) is 0 Å². The van der Waals surface area contributed by atoms with Gasteiger partial charge in [0, 0.05) is 6.54 Å². The third-order valence-corrected chi connectivity index (χ3v) is 4.14. The minimum atomic E-state index is -3.61. The second kappa shape index (κ2) is 7.47. The van der Waals surface area contributed by atoms with Crippen molar-refractivity contribution < 1.29 is 23.1 Å². The molecular formula is C12H16ClNO5S. The molecule has 1 rings (SSSR count). The van der Waals surface area contributed by atoms with Crippen LogP contribution in [-0.2, 0) is 14.8 Å². The van der Waals surface area contributed by atoms with E-state index in [1.807, 2.05) is 6.92 Å². The van der Waals surface area contributed by atoms with E-state index in [-0.39, 0.29) is 15.7 Å². The Bertz CT molecular complexity index is 573. The van der Waals surface area contributed by atoms with Gasteiger partial charge >= 0.3 is 5.97 Å². The summed E-state index contributed by atoms with van der Waals surface area (Å²) < 4.78 is 31.2. The molecule has 0 aliphatic heterocycles. The highest BCUT2D eigenvalue weighted by atomic mass is 35.5. The molecule has 6 nitrogen and oxygen atoms in total.